The first-order chi connectivity index (χ1) is 10.7. The number of nitrogens with zero attached hydrogens (tertiary/aromatic N) is 1. The lowest BCUT2D eigenvalue weighted by molar-refractivity contribution is -0.146. The van der Waals surface area contributed by atoms with Crippen LogP contribution < -0.4 is 0 Å². The van der Waals surface area contributed by atoms with Crippen LogP contribution in [0.5, 0.6) is 0 Å². The Kier molecular flexibility index (Phi) is 5.03. The zero-order valence-corrected chi connectivity index (χ0v) is 12.8. The van der Waals surface area contributed by atoms with Gasteiger partial charge in [0.2, 0.25) is 5.91 Å². The number of hydrogen-bond acceptors (Lipinski definition) is 3. The molecule has 0 aliphatic carbocycles. The van der Waals surface area contributed by atoms with E-state index in [1.165, 1.54) is 23.1 Å². The second-order valence-corrected chi connectivity index (χ2v) is 5.49. The Morgan fingerprint density at radius 3 is 2.35 bits per heavy atom. The third-order valence-corrected chi connectivity index (χ3v) is 3.74. The van der Waals surface area contributed by atoms with Gasteiger partial charge in [0.1, 0.15) is 6.04 Å². The van der Waals surface area contributed by atoms with Crippen molar-refractivity contribution in [2.75, 3.05) is 12.3 Å². The molecule has 0 fully saturated rings. The van der Waals surface area contributed by atoms with Crippen molar-refractivity contribution in [3.8, 4) is 0 Å². The number of carboxylic acids is 1. The van der Waals surface area contributed by atoms with Gasteiger partial charge >= 0.3 is 12.1 Å². The summed E-state index contributed by atoms with van der Waals surface area (Å²) in [6.45, 7) is 0.0505. The van der Waals surface area contributed by atoms with Gasteiger partial charge in [-0.1, -0.05) is 12.1 Å². The molecule has 0 saturated carbocycles. The van der Waals surface area contributed by atoms with E-state index in [0.717, 1.165) is 12.1 Å². The maximum Gasteiger partial charge on any atom is 0.416 e. The summed E-state index contributed by atoms with van der Waals surface area (Å²) in [4.78, 5) is 24.4. The Bertz CT molecular complexity index is 640. The summed E-state index contributed by atoms with van der Waals surface area (Å²) in [5.41, 5.74) is 0.196. The molecule has 124 valence electrons. The summed E-state index contributed by atoms with van der Waals surface area (Å²) in [5.74, 6) is -1.25. The van der Waals surface area contributed by atoms with Gasteiger partial charge < -0.3 is 10.0 Å². The smallest absolute Gasteiger partial charge is 0.416 e. The number of hydrogen-bond donors (Lipinski definition) is 2. The third kappa shape index (κ3) is 3.87. The Labute approximate surface area is 136 Å². The molecule has 8 heteroatoms. The van der Waals surface area contributed by atoms with E-state index in [1.54, 1.807) is 0 Å². The molecule has 4 nitrogen and oxygen atoms in total. The molecule has 1 aromatic carbocycles. The number of rotatable bonds is 4. The number of amides is 1. The zero-order chi connectivity index (χ0) is 17.2. The first-order valence-electron chi connectivity index (χ1n) is 6.75. The highest BCUT2D eigenvalue weighted by molar-refractivity contribution is 7.80. The number of halogens is 3. The SMILES string of the molecule is O=C(O)C1C=C(c2ccc(C(F)(F)F)cc2)CN1C(=O)CCS. The summed E-state index contributed by atoms with van der Waals surface area (Å²) in [6, 6.07) is 3.31. The first-order valence-corrected chi connectivity index (χ1v) is 7.38. The normalized spacial score (nSPS) is 18.0. The molecule has 1 amide bonds. The Morgan fingerprint density at radius 2 is 1.87 bits per heavy atom. The van der Waals surface area contributed by atoms with Crippen LogP contribution in [-0.4, -0.2) is 40.2 Å². The number of thiol groups is 1. The highest BCUT2D eigenvalue weighted by Gasteiger charge is 2.34. The molecule has 1 N–H and O–H groups in total. The minimum absolute atomic E-state index is 0.0505. The average molecular weight is 345 g/mol. The van der Waals surface area contributed by atoms with E-state index in [0.29, 0.717) is 11.1 Å². The molecule has 1 aliphatic heterocycles. The standard InChI is InChI=1S/C15H14F3NO3S/c16-15(17,18)11-3-1-9(2-4-11)10-7-12(14(21)22)19(8-10)13(20)5-6-23/h1-4,7,12,23H,5-6,8H2,(H,21,22). The van der Waals surface area contributed by atoms with Crippen LogP contribution in [-0.2, 0) is 15.8 Å². The Hall–Kier alpha value is -1.96. The van der Waals surface area contributed by atoms with Crippen molar-refractivity contribution in [1.82, 2.24) is 4.90 Å². The number of carboxylic acid groups (broad SMARTS) is 1. The van der Waals surface area contributed by atoms with E-state index < -0.39 is 23.8 Å². The van der Waals surface area contributed by atoms with Crippen molar-refractivity contribution >= 4 is 30.1 Å². The largest absolute Gasteiger partial charge is 0.479 e. The molecule has 0 bridgehead atoms. The van der Waals surface area contributed by atoms with Crippen LogP contribution in [0.4, 0.5) is 13.2 Å². The number of alkyl halides is 3. The van der Waals surface area contributed by atoms with E-state index in [9.17, 15) is 27.9 Å². The fourth-order valence-corrected chi connectivity index (χ4v) is 2.55. The van der Waals surface area contributed by atoms with Crippen LogP contribution in [0.25, 0.3) is 5.57 Å². The van der Waals surface area contributed by atoms with Gasteiger partial charge in [0, 0.05) is 13.0 Å². The quantitative estimate of drug-likeness (QED) is 0.825. The van der Waals surface area contributed by atoms with E-state index in [1.807, 2.05) is 0 Å². The molecule has 1 unspecified atom stereocenters. The second kappa shape index (κ2) is 6.66. The molecule has 0 aromatic heterocycles. The molecular weight excluding hydrogens is 331 g/mol. The van der Waals surface area contributed by atoms with Crippen molar-refractivity contribution in [3.63, 3.8) is 0 Å². The lowest BCUT2D eigenvalue weighted by atomic mass is 10.0. The predicted molar refractivity (Wildman–Crippen MR) is 81.0 cm³/mol. The summed E-state index contributed by atoms with van der Waals surface area (Å²) >= 11 is 3.95. The summed E-state index contributed by atoms with van der Waals surface area (Å²) in [5, 5.41) is 9.21. The van der Waals surface area contributed by atoms with Gasteiger partial charge in [-0.25, -0.2) is 4.79 Å². The van der Waals surface area contributed by atoms with Gasteiger partial charge in [0.05, 0.1) is 5.56 Å². The lowest BCUT2D eigenvalue weighted by Gasteiger charge is -2.21. The molecule has 2 rings (SSSR count). The van der Waals surface area contributed by atoms with Crippen LogP contribution in [0.15, 0.2) is 30.3 Å². The number of benzene rings is 1. The molecule has 23 heavy (non-hydrogen) atoms. The number of carbonyl (C=O) groups is 2. The van der Waals surface area contributed by atoms with Crippen LogP contribution in [0, 0.1) is 0 Å². The van der Waals surface area contributed by atoms with Crippen molar-refractivity contribution in [2.24, 2.45) is 0 Å². The lowest BCUT2D eigenvalue weighted by Crippen LogP contribution is -2.41. The van der Waals surface area contributed by atoms with E-state index in [-0.39, 0.29) is 24.6 Å². The molecule has 1 aromatic rings. The predicted octanol–water partition coefficient (Wildman–Crippen LogP) is 2.70. The fraction of sp³-hybridized carbons (Fsp3) is 0.333. The van der Waals surface area contributed by atoms with Gasteiger partial charge in [-0.05, 0) is 35.1 Å². The molecule has 0 spiro atoms. The molecule has 1 aliphatic rings. The molecule has 1 atom stereocenters. The minimum atomic E-state index is -4.43. The minimum Gasteiger partial charge on any atom is -0.479 e. The van der Waals surface area contributed by atoms with Crippen molar-refractivity contribution in [2.45, 2.75) is 18.6 Å². The first kappa shape index (κ1) is 17.4. The Morgan fingerprint density at radius 1 is 1.26 bits per heavy atom. The van der Waals surface area contributed by atoms with Crippen LogP contribution in [0.1, 0.15) is 17.5 Å². The van der Waals surface area contributed by atoms with E-state index in [4.69, 9.17) is 0 Å². The van der Waals surface area contributed by atoms with Gasteiger partial charge in [0.15, 0.2) is 0 Å². The third-order valence-electron chi connectivity index (χ3n) is 3.52. The van der Waals surface area contributed by atoms with Crippen molar-refractivity contribution in [3.05, 3.63) is 41.5 Å². The van der Waals surface area contributed by atoms with Gasteiger partial charge in [0.25, 0.3) is 0 Å². The van der Waals surface area contributed by atoms with Crippen LogP contribution >= 0.6 is 12.6 Å². The molecule has 0 radical (unpaired) electrons. The maximum atomic E-state index is 12.6. The zero-order valence-electron chi connectivity index (χ0n) is 11.9. The summed E-state index contributed by atoms with van der Waals surface area (Å²) in [6.07, 6.45) is -2.94. The molecule has 0 saturated heterocycles. The van der Waals surface area contributed by atoms with Gasteiger partial charge in [-0.3, -0.25) is 4.79 Å². The fourth-order valence-electron chi connectivity index (χ4n) is 2.36. The van der Waals surface area contributed by atoms with E-state index in [2.05, 4.69) is 12.6 Å². The van der Waals surface area contributed by atoms with Crippen molar-refractivity contribution < 1.29 is 27.9 Å². The highest BCUT2D eigenvalue weighted by atomic mass is 32.1. The Balaban J connectivity index is 2.25. The second-order valence-electron chi connectivity index (χ2n) is 5.05. The highest BCUT2D eigenvalue weighted by Crippen LogP contribution is 2.31. The number of aliphatic carboxylic acids is 1. The maximum absolute atomic E-state index is 12.6. The van der Waals surface area contributed by atoms with Crippen LogP contribution in [0.3, 0.4) is 0 Å². The average Bonchev–Trinajstić information content (AvgIpc) is 2.92. The monoisotopic (exact) mass is 345 g/mol. The summed E-state index contributed by atoms with van der Waals surface area (Å²) < 4.78 is 37.7. The molecular formula is C15H14F3NO3S. The summed E-state index contributed by atoms with van der Waals surface area (Å²) in [7, 11) is 0. The van der Waals surface area contributed by atoms with E-state index >= 15 is 0 Å². The van der Waals surface area contributed by atoms with Gasteiger partial charge in [-0.2, -0.15) is 25.8 Å². The molecule has 1 heterocycles. The topological polar surface area (TPSA) is 57.6 Å². The number of carbonyl (C=O) groups excluding carboxylic acids is 1. The van der Waals surface area contributed by atoms with Crippen LogP contribution in [0.2, 0.25) is 0 Å². The van der Waals surface area contributed by atoms with Crippen molar-refractivity contribution in [1.29, 1.82) is 0 Å². The van der Waals surface area contributed by atoms with Gasteiger partial charge in [-0.15, -0.1) is 0 Å².